The Balaban J connectivity index is 2.64. The Morgan fingerprint density at radius 3 is 2.35 bits per heavy atom. The zero-order valence-corrected chi connectivity index (χ0v) is 11.3. The topological polar surface area (TPSA) is 124 Å². The van der Waals surface area contributed by atoms with Crippen molar-refractivity contribution in [2.24, 2.45) is 5.92 Å². The highest BCUT2D eigenvalue weighted by atomic mass is 16.4. The molecule has 1 aliphatic heterocycles. The van der Waals surface area contributed by atoms with Crippen LogP contribution in [0.1, 0.15) is 26.7 Å². The van der Waals surface area contributed by atoms with Crippen molar-refractivity contribution in [3.05, 3.63) is 0 Å². The third kappa shape index (κ3) is 3.94. The Morgan fingerprint density at radius 1 is 1.35 bits per heavy atom. The Labute approximate surface area is 115 Å². The van der Waals surface area contributed by atoms with E-state index in [4.69, 9.17) is 10.2 Å². The molecule has 8 nitrogen and oxygen atoms in total. The summed E-state index contributed by atoms with van der Waals surface area (Å²) in [4.78, 5) is 46.5. The van der Waals surface area contributed by atoms with Crippen molar-refractivity contribution in [1.82, 2.24) is 10.2 Å². The molecule has 0 spiro atoms. The number of hydrogen-bond donors (Lipinski definition) is 3. The maximum atomic E-state index is 11.9. The molecule has 3 N–H and O–H groups in total. The minimum atomic E-state index is -1.48. The lowest BCUT2D eigenvalue weighted by molar-refractivity contribution is -0.147. The second-order valence-corrected chi connectivity index (χ2v) is 5.04. The summed E-state index contributed by atoms with van der Waals surface area (Å²) in [5, 5.41) is 19.6. The van der Waals surface area contributed by atoms with Crippen molar-refractivity contribution in [3.8, 4) is 0 Å². The van der Waals surface area contributed by atoms with E-state index in [1.165, 1.54) is 4.90 Å². The van der Waals surface area contributed by atoms with Crippen LogP contribution < -0.4 is 5.32 Å². The highest BCUT2D eigenvalue weighted by molar-refractivity contribution is 5.92. The summed E-state index contributed by atoms with van der Waals surface area (Å²) in [7, 11) is 0. The van der Waals surface area contributed by atoms with Crippen LogP contribution in [0, 0.1) is 5.92 Å². The average molecular weight is 286 g/mol. The molecule has 1 heterocycles. The van der Waals surface area contributed by atoms with E-state index < -0.39 is 36.2 Å². The zero-order valence-electron chi connectivity index (χ0n) is 11.3. The van der Waals surface area contributed by atoms with Crippen LogP contribution in [0.2, 0.25) is 0 Å². The van der Waals surface area contributed by atoms with Gasteiger partial charge in [-0.15, -0.1) is 0 Å². The van der Waals surface area contributed by atoms with Crippen molar-refractivity contribution in [1.29, 1.82) is 0 Å². The van der Waals surface area contributed by atoms with E-state index in [1.54, 1.807) is 0 Å². The molecular formula is C12H18N2O6. The molecule has 2 amide bonds. The quantitative estimate of drug-likeness (QED) is 0.592. The number of nitrogens with zero attached hydrogens (tertiary/aromatic N) is 1. The zero-order chi connectivity index (χ0) is 15.4. The number of carboxylic acid groups (broad SMARTS) is 2. The third-order valence-corrected chi connectivity index (χ3v) is 3.15. The number of carbonyl (C=O) groups excluding carboxylic acids is 2. The van der Waals surface area contributed by atoms with Gasteiger partial charge in [-0.3, -0.25) is 14.4 Å². The molecule has 0 aromatic rings. The molecule has 0 aromatic heterocycles. The Morgan fingerprint density at radius 2 is 1.95 bits per heavy atom. The number of aliphatic carboxylic acids is 2. The molecule has 112 valence electrons. The lowest BCUT2D eigenvalue weighted by Crippen LogP contribution is -2.45. The van der Waals surface area contributed by atoms with Gasteiger partial charge in [0.25, 0.3) is 0 Å². The lowest BCUT2D eigenvalue weighted by atomic mass is 10.1. The fourth-order valence-corrected chi connectivity index (χ4v) is 2.07. The molecule has 0 aromatic carbocycles. The summed E-state index contributed by atoms with van der Waals surface area (Å²) >= 11 is 0. The van der Waals surface area contributed by atoms with Gasteiger partial charge in [-0.25, -0.2) is 4.79 Å². The van der Waals surface area contributed by atoms with Crippen LogP contribution in [0.25, 0.3) is 0 Å². The third-order valence-electron chi connectivity index (χ3n) is 3.15. The van der Waals surface area contributed by atoms with Crippen LogP contribution >= 0.6 is 0 Å². The van der Waals surface area contributed by atoms with Gasteiger partial charge in [-0.1, -0.05) is 0 Å². The summed E-state index contributed by atoms with van der Waals surface area (Å²) in [6.07, 6.45) is -0.681. The van der Waals surface area contributed by atoms with E-state index in [9.17, 15) is 19.2 Å². The van der Waals surface area contributed by atoms with Gasteiger partial charge >= 0.3 is 11.9 Å². The predicted octanol–water partition coefficient (Wildman–Crippen LogP) is -0.713. The van der Waals surface area contributed by atoms with Gasteiger partial charge in [0.15, 0.2) is 0 Å². The van der Waals surface area contributed by atoms with E-state index in [1.807, 2.05) is 13.8 Å². The smallest absolute Gasteiger partial charge is 0.326 e. The van der Waals surface area contributed by atoms with Crippen LogP contribution in [-0.2, 0) is 19.2 Å². The van der Waals surface area contributed by atoms with Crippen molar-refractivity contribution in [2.45, 2.75) is 38.8 Å². The maximum Gasteiger partial charge on any atom is 0.326 e. The minimum Gasteiger partial charge on any atom is -0.481 e. The molecule has 1 saturated heterocycles. The summed E-state index contributed by atoms with van der Waals surface area (Å²) in [6.45, 7) is 3.87. The highest BCUT2D eigenvalue weighted by Crippen LogP contribution is 2.20. The molecule has 2 atom stereocenters. The van der Waals surface area contributed by atoms with E-state index >= 15 is 0 Å². The monoisotopic (exact) mass is 286 g/mol. The Kier molecular flexibility index (Phi) is 5.06. The second kappa shape index (κ2) is 6.36. The van der Waals surface area contributed by atoms with Crippen LogP contribution in [0.4, 0.5) is 0 Å². The van der Waals surface area contributed by atoms with Gasteiger partial charge in [-0.2, -0.15) is 0 Å². The summed E-state index contributed by atoms with van der Waals surface area (Å²) in [5.41, 5.74) is 0. The maximum absolute atomic E-state index is 11.9. The van der Waals surface area contributed by atoms with Crippen LogP contribution in [-0.4, -0.2) is 57.5 Å². The molecule has 8 heteroatoms. The number of hydrogen-bond acceptors (Lipinski definition) is 4. The number of amides is 2. The first-order chi connectivity index (χ1) is 9.22. The van der Waals surface area contributed by atoms with Crippen molar-refractivity contribution < 1.29 is 29.4 Å². The van der Waals surface area contributed by atoms with Gasteiger partial charge in [0.1, 0.15) is 6.04 Å². The molecule has 1 aliphatic rings. The lowest BCUT2D eigenvalue weighted by Gasteiger charge is -2.21. The average Bonchev–Trinajstić information content (AvgIpc) is 2.69. The minimum absolute atomic E-state index is 0.0173. The second-order valence-electron chi connectivity index (χ2n) is 5.04. The summed E-state index contributed by atoms with van der Waals surface area (Å²) in [6, 6.07) is -1.52. The van der Waals surface area contributed by atoms with E-state index in [0.717, 1.165) is 0 Å². The van der Waals surface area contributed by atoms with Crippen molar-refractivity contribution in [2.75, 3.05) is 6.54 Å². The first-order valence-electron chi connectivity index (χ1n) is 6.26. The van der Waals surface area contributed by atoms with E-state index in [0.29, 0.717) is 0 Å². The first kappa shape index (κ1) is 15.9. The van der Waals surface area contributed by atoms with Crippen LogP contribution in [0.5, 0.6) is 0 Å². The Bertz CT molecular complexity index is 434. The first-order valence-corrected chi connectivity index (χ1v) is 6.26. The fourth-order valence-electron chi connectivity index (χ4n) is 2.07. The van der Waals surface area contributed by atoms with Gasteiger partial charge < -0.3 is 20.4 Å². The predicted molar refractivity (Wildman–Crippen MR) is 66.8 cm³/mol. The number of carbonyl (C=O) groups is 4. The standard InChI is InChI=1S/C12H18N2O6/c1-6(2)14-5-7(3-9(14)15)11(18)13-8(12(19)20)4-10(16)17/h6-8H,3-5H2,1-2H3,(H,13,18)(H,16,17)(H,19,20)/t7?,8-/m0/s1. The molecule has 0 aliphatic carbocycles. The molecule has 0 saturated carbocycles. The molecule has 1 unspecified atom stereocenters. The van der Waals surface area contributed by atoms with Gasteiger partial charge in [0.2, 0.25) is 11.8 Å². The van der Waals surface area contributed by atoms with Gasteiger partial charge in [0.05, 0.1) is 12.3 Å². The number of likely N-dealkylation sites (tertiary alicyclic amines) is 1. The number of rotatable bonds is 6. The highest BCUT2D eigenvalue weighted by Gasteiger charge is 2.37. The Hall–Kier alpha value is -2.12. The van der Waals surface area contributed by atoms with E-state index in [-0.39, 0.29) is 24.9 Å². The molecule has 20 heavy (non-hydrogen) atoms. The number of nitrogens with one attached hydrogen (secondary N) is 1. The van der Waals surface area contributed by atoms with Crippen LogP contribution in [0.15, 0.2) is 0 Å². The molecule has 1 rings (SSSR count). The normalized spacial score (nSPS) is 20.1. The SMILES string of the molecule is CC(C)N1CC(C(=O)N[C@@H](CC(=O)O)C(=O)O)CC1=O. The van der Waals surface area contributed by atoms with Gasteiger partial charge in [-0.05, 0) is 13.8 Å². The van der Waals surface area contributed by atoms with Crippen molar-refractivity contribution >= 4 is 23.8 Å². The molecule has 1 fully saturated rings. The fraction of sp³-hybridized carbons (Fsp3) is 0.667. The number of carboxylic acids is 2. The largest absolute Gasteiger partial charge is 0.481 e. The van der Waals surface area contributed by atoms with Gasteiger partial charge in [0, 0.05) is 19.0 Å². The molecule has 0 radical (unpaired) electrons. The summed E-state index contributed by atoms with van der Waals surface area (Å²) in [5.74, 6) is -4.13. The van der Waals surface area contributed by atoms with Crippen molar-refractivity contribution in [3.63, 3.8) is 0 Å². The van der Waals surface area contributed by atoms with E-state index in [2.05, 4.69) is 5.32 Å². The molecule has 0 bridgehead atoms. The molecular weight excluding hydrogens is 268 g/mol. The van der Waals surface area contributed by atoms with Crippen LogP contribution in [0.3, 0.4) is 0 Å². The summed E-state index contributed by atoms with van der Waals surface area (Å²) < 4.78 is 0.